The predicted molar refractivity (Wildman–Crippen MR) is 62.8 cm³/mol. The van der Waals surface area contributed by atoms with E-state index in [-0.39, 0.29) is 5.41 Å². The molecule has 1 fully saturated rings. The Kier molecular flexibility index (Phi) is 2.59. The monoisotopic (exact) mass is 226 g/mol. The Morgan fingerprint density at radius 2 is 2.20 bits per heavy atom. The molecule has 4 heteroatoms. The van der Waals surface area contributed by atoms with Crippen molar-refractivity contribution in [1.29, 1.82) is 0 Å². The fraction of sp³-hybridized carbons (Fsp3) is 0.727. The summed E-state index contributed by atoms with van der Waals surface area (Å²) in [4.78, 5) is 0. The molecular weight excluding hydrogens is 208 g/mol. The molecule has 0 saturated carbocycles. The van der Waals surface area contributed by atoms with Gasteiger partial charge in [0.05, 0.1) is 5.69 Å². The van der Waals surface area contributed by atoms with Gasteiger partial charge in [0, 0.05) is 19.0 Å². The van der Waals surface area contributed by atoms with Crippen molar-refractivity contribution in [2.75, 3.05) is 11.5 Å². The molecule has 0 aliphatic carbocycles. The largest absolute Gasteiger partial charge is 0.383 e. The fourth-order valence-corrected chi connectivity index (χ4v) is 3.56. The van der Waals surface area contributed by atoms with Crippen molar-refractivity contribution >= 4 is 11.8 Å². The zero-order valence-corrected chi connectivity index (χ0v) is 10.3. The van der Waals surface area contributed by atoms with E-state index in [9.17, 15) is 5.11 Å². The van der Waals surface area contributed by atoms with E-state index in [0.29, 0.717) is 0 Å². The molecule has 2 rings (SSSR count). The number of hydrogen-bond acceptors (Lipinski definition) is 3. The number of aliphatic hydroxyl groups is 1. The first kappa shape index (κ1) is 11.0. The summed E-state index contributed by atoms with van der Waals surface area (Å²) in [5.41, 5.74) is 0.258. The molecule has 1 aliphatic rings. The van der Waals surface area contributed by atoms with Crippen LogP contribution in [-0.2, 0) is 12.6 Å². The lowest BCUT2D eigenvalue weighted by molar-refractivity contribution is 0.0113. The van der Waals surface area contributed by atoms with Crippen LogP contribution in [0, 0.1) is 5.41 Å². The Morgan fingerprint density at radius 3 is 2.73 bits per heavy atom. The molecule has 1 aromatic heterocycles. The molecule has 0 aromatic carbocycles. The first-order valence-electron chi connectivity index (χ1n) is 5.22. The summed E-state index contributed by atoms with van der Waals surface area (Å²) in [5, 5.41) is 14.9. The van der Waals surface area contributed by atoms with Gasteiger partial charge in [0.2, 0.25) is 0 Å². The molecule has 1 saturated heterocycles. The van der Waals surface area contributed by atoms with Crippen LogP contribution in [0.5, 0.6) is 0 Å². The molecular formula is C11H18N2OS. The number of hydrogen-bond donors (Lipinski definition) is 1. The van der Waals surface area contributed by atoms with E-state index in [1.807, 2.05) is 31.1 Å². The van der Waals surface area contributed by atoms with Crippen LogP contribution in [0.15, 0.2) is 12.3 Å². The fourth-order valence-electron chi connectivity index (χ4n) is 2.22. The Hall–Kier alpha value is -0.480. The quantitative estimate of drug-likeness (QED) is 0.793. The molecule has 2 heterocycles. The van der Waals surface area contributed by atoms with Crippen LogP contribution >= 0.6 is 11.8 Å². The number of thioether (sulfide) groups is 1. The Bertz CT molecular complexity index is 361. The average Bonchev–Trinajstić information content (AvgIpc) is 2.49. The second-order valence-corrected chi connectivity index (χ2v) is 6.23. The maximum Gasteiger partial charge on any atom is 0.118 e. The molecule has 0 spiro atoms. The van der Waals surface area contributed by atoms with Gasteiger partial charge in [-0.3, -0.25) is 4.68 Å². The minimum atomic E-state index is -0.742. The van der Waals surface area contributed by atoms with Crippen LogP contribution in [0.3, 0.4) is 0 Å². The highest BCUT2D eigenvalue weighted by molar-refractivity contribution is 7.99. The lowest BCUT2D eigenvalue weighted by Gasteiger charge is -2.40. The molecule has 0 bridgehead atoms. The van der Waals surface area contributed by atoms with Gasteiger partial charge >= 0.3 is 0 Å². The number of aryl methyl sites for hydroxylation is 1. The predicted octanol–water partition coefficient (Wildman–Crippen LogP) is 1.77. The zero-order chi connectivity index (χ0) is 11.1. The van der Waals surface area contributed by atoms with Crippen molar-refractivity contribution in [3.05, 3.63) is 18.0 Å². The molecule has 0 amide bonds. The highest BCUT2D eigenvalue weighted by Crippen LogP contribution is 2.43. The second-order valence-electron chi connectivity index (χ2n) is 5.24. The average molecular weight is 226 g/mol. The Labute approximate surface area is 94.9 Å². The molecule has 3 nitrogen and oxygen atoms in total. The minimum Gasteiger partial charge on any atom is -0.383 e. The highest BCUT2D eigenvalue weighted by Gasteiger charge is 2.41. The summed E-state index contributed by atoms with van der Waals surface area (Å²) in [7, 11) is 1.88. The van der Waals surface area contributed by atoms with Gasteiger partial charge in [-0.25, -0.2) is 0 Å². The van der Waals surface area contributed by atoms with Crippen LogP contribution in [0.4, 0.5) is 0 Å². The molecule has 1 aromatic rings. The van der Waals surface area contributed by atoms with Crippen LogP contribution < -0.4 is 0 Å². The third-order valence-electron chi connectivity index (χ3n) is 2.80. The first-order chi connectivity index (χ1) is 6.91. The molecule has 15 heavy (non-hydrogen) atoms. The van der Waals surface area contributed by atoms with Crippen molar-refractivity contribution in [3.63, 3.8) is 0 Å². The van der Waals surface area contributed by atoms with E-state index >= 15 is 0 Å². The zero-order valence-electron chi connectivity index (χ0n) is 9.53. The van der Waals surface area contributed by atoms with E-state index in [1.54, 1.807) is 4.68 Å². The van der Waals surface area contributed by atoms with Gasteiger partial charge in [0.15, 0.2) is 0 Å². The smallest absolute Gasteiger partial charge is 0.118 e. The van der Waals surface area contributed by atoms with Gasteiger partial charge in [0.25, 0.3) is 0 Å². The summed E-state index contributed by atoms with van der Waals surface area (Å²) in [6.45, 7) is 4.40. The normalized spacial score (nSPS) is 30.4. The molecule has 1 atom stereocenters. The summed E-state index contributed by atoms with van der Waals surface area (Å²) in [6.07, 6.45) is 2.68. The summed E-state index contributed by atoms with van der Waals surface area (Å²) >= 11 is 1.81. The molecule has 1 N–H and O–H groups in total. The van der Waals surface area contributed by atoms with Gasteiger partial charge < -0.3 is 5.11 Å². The van der Waals surface area contributed by atoms with Gasteiger partial charge in [-0.1, -0.05) is 13.8 Å². The van der Waals surface area contributed by atoms with Gasteiger partial charge in [-0.15, -0.1) is 0 Å². The molecule has 1 aliphatic heterocycles. The minimum absolute atomic E-state index is 0.190. The standard InChI is InChI=1S/C11H18N2OS/c1-10(2)6-11(14,8-15-7-10)9-4-5-13(3)12-9/h4-5,14H,6-8H2,1-3H3. The van der Waals surface area contributed by atoms with E-state index in [0.717, 1.165) is 23.6 Å². The van der Waals surface area contributed by atoms with Crippen LogP contribution in [0.1, 0.15) is 26.0 Å². The first-order valence-corrected chi connectivity index (χ1v) is 6.37. The molecule has 1 unspecified atom stereocenters. The lowest BCUT2D eigenvalue weighted by Crippen LogP contribution is -2.40. The van der Waals surface area contributed by atoms with E-state index in [1.165, 1.54) is 0 Å². The maximum absolute atomic E-state index is 10.6. The Morgan fingerprint density at radius 1 is 1.47 bits per heavy atom. The van der Waals surface area contributed by atoms with Crippen molar-refractivity contribution in [2.45, 2.75) is 25.9 Å². The van der Waals surface area contributed by atoms with E-state index in [2.05, 4.69) is 18.9 Å². The third-order valence-corrected chi connectivity index (χ3v) is 4.46. The van der Waals surface area contributed by atoms with E-state index < -0.39 is 5.60 Å². The topological polar surface area (TPSA) is 38.0 Å². The van der Waals surface area contributed by atoms with Crippen LogP contribution in [0.25, 0.3) is 0 Å². The summed E-state index contributed by atoms with van der Waals surface area (Å²) in [5.74, 6) is 1.87. The Balaban J connectivity index is 2.26. The third kappa shape index (κ3) is 2.21. The van der Waals surface area contributed by atoms with Crippen molar-refractivity contribution in [3.8, 4) is 0 Å². The van der Waals surface area contributed by atoms with Crippen molar-refractivity contribution < 1.29 is 5.11 Å². The SMILES string of the molecule is Cn1ccc(C2(O)CSCC(C)(C)C2)n1. The van der Waals surface area contributed by atoms with Crippen LogP contribution in [0.2, 0.25) is 0 Å². The summed E-state index contributed by atoms with van der Waals surface area (Å²) < 4.78 is 1.75. The second kappa shape index (κ2) is 3.52. The highest BCUT2D eigenvalue weighted by atomic mass is 32.2. The van der Waals surface area contributed by atoms with E-state index in [4.69, 9.17) is 0 Å². The lowest BCUT2D eigenvalue weighted by atomic mass is 9.80. The molecule has 84 valence electrons. The van der Waals surface area contributed by atoms with Crippen LogP contribution in [-0.4, -0.2) is 26.4 Å². The number of rotatable bonds is 1. The number of aromatic nitrogens is 2. The van der Waals surface area contributed by atoms with Crippen molar-refractivity contribution in [1.82, 2.24) is 9.78 Å². The van der Waals surface area contributed by atoms with Gasteiger partial charge in [0.1, 0.15) is 5.60 Å². The number of nitrogens with zero attached hydrogens (tertiary/aromatic N) is 2. The van der Waals surface area contributed by atoms with Gasteiger partial charge in [-0.2, -0.15) is 16.9 Å². The molecule has 0 radical (unpaired) electrons. The summed E-state index contributed by atoms with van der Waals surface area (Å²) in [6, 6.07) is 1.92. The maximum atomic E-state index is 10.6. The van der Waals surface area contributed by atoms with Crippen molar-refractivity contribution in [2.24, 2.45) is 12.5 Å². The van der Waals surface area contributed by atoms with Gasteiger partial charge in [-0.05, 0) is 23.7 Å².